The van der Waals surface area contributed by atoms with Gasteiger partial charge in [-0.2, -0.15) is 13.2 Å². The van der Waals surface area contributed by atoms with Gasteiger partial charge in [-0.3, -0.25) is 0 Å². The molecule has 0 aliphatic carbocycles. The Hall–Kier alpha value is -2.08. The number of halogens is 4. The van der Waals surface area contributed by atoms with Gasteiger partial charge in [0.25, 0.3) is 0 Å². The minimum Gasteiger partial charge on any atom is -0.493 e. The van der Waals surface area contributed by atoms with Crippen molar-refractivity contribution < 1.29 is 27.0 Å². The molecule has 0 bridgehead atoms. The molecule has 2 nitrogen and oxygen atoms in total. The van der Waals surface area contributed by atoms with Crippen LogP contribution in [0.3, 0.4) is 0 Å². The van der Waals surface area contributed by atoms with Gasteiger partial charge in [0.2, 0.25) is 0 Å². The Labute approximate surface area is 168 Å². The van der Waals surface area contributed by atoms with E-state index in [2.05, 4.69) is 24.3 Å². The SMILES string of the molecule is CCOc1ccc(C2CCC(CCc3ccc(C)cc3)CO2)c(F)c1C(F)(F)F. The maximum Gasteiger partial charge on any atom is 0.422 e. The molecule has 2 unspecified atom stereocenters. The second-order valence-electron chi connectivity index (χ2n) is 7.56. The molecule has 29 heavy (non-hydrogen) atoms. The van der Waals surface area contributed by atoms with Crippen molar-refractivity contribution in [2.24, 2.45) is 5.92 Å². The normalized spacial score (nSPS) is 19.9. The molecule has 1 aliphatic heterocycles. The van der Waals surface area contributed by atoms with Crippen LogP contribution in [0.4, 0.5) is 17.6 Å². The first-order valence-electron chi connectivity index (χ1n) is 9.99. The fourth-order valence-corrected chi connectivity index (χ4v) is 3.77. The van der Waals surface area contributed by atoms with Crippen molar-refractivity contribution in [1.29, 1.82) is 0 Å². The van der Waals surface area contributed by atoms with E-state index in [0.717, 1.165) is 19.3 Å². The monoisotopic (exact) mass is 410 g/mol. The third-order valence-electron chi connectivity index (χ3n) is 5.40. The van der Waals surface area contributed by atoms with Gasteiger partial charge < -0.3 is 9.47 Å². The lowest BCUT2D eigenvalue weighted by molar-refractivity contribution is -0.141. The summed E-state index contributed by atoms with van der Waals surface area (Å²) in [6, 6.07) is 10.9. The summed E-state index contributed by atoms with van der Waals surface area (Å²) in [4.78, 5) is 0. The number of hydrogen-bond donors (Lipinski definition) is 0. The molecule has 158 valence electrons. The molecule has 1 fully saturated rings. The topological polar surface area (TPSA) is 18.5 Å². The number of ether oxygens (including phenoxy) is 2. The predicted octanol–water partition coefficient (Wildman–Crippen LogP) is 6.65. The Morgan fingerprint density at radius 1 is 1.07 bits per heavy atom. The molecule has 0 amide bonds. The van der Waals surface area contributed by atoms with E-state index in [4.69, 9.17) is 9.47 Å². The molecule has 2 aromatic carbocycles. The lowest BCUT2D eigenvalue weighted by Gasteiger charge is -2.30. The number of benzene rings is 2. The van der Waals surface area contributed by atoms with Gasteiger partial charge in [-0.15, -0.1) is 0 Å². The zero-order valence-corrected chi connectivity index (χ0v) is 16.7. The number of aryl methyl sites for hydroxylation is 2. The van der Waals surface area contributed by atoms with Gasteiger partial charge in [-0.05, 0) is 63.1 Å². The van der Waals surface area contributed by atoms with Gasteiger partial charge in [0.1, 0.15) is 17.1 Å². The predicted molar refractivity (Wildman–Crippen MR) is 103 cm³/mol. The van der Waals surface area contributed by atoms with Crippen molar-refractivity contribution in [2.45, 2.75) is 51.8 Å². The summed E-state index contributed by atoms with van der Waals surface area (Å²) in [6.45, 7) is 4.06. The Bertz CT molecular complexity index is 807. The van der Waals surface area contributed by atoms with E-state index in [9.17, 15) is 17.6 Å². The highest BCUT2D eigenvalue weighted by Gasteiger charge is 2.40. The van der Waals surface area contributed by atoms with Crippen LogP contribution >= 0.6 is 0 Å². The summed E-state index contributed by atoms with van der Waals surface area (Å²) in [5.74, 6) is -1.44. The number of rotatable bonds is 6. The van der Waals surface area contributed by atoms with Crippen molar-refractivity contribution in [3.8, 4) is 5.75 Å². The number of hydrogen-bond acceptors (Lipinski definition) is 2. The highest BCUT2D eigenvalue weighted by Crippen LogP contribution is 2.42. The molecule has 1 heterocycles. The van der Waals surface area contributed by atoms with Crippen LogP contribution in [0.5, 0.6) is 5.75 Å². The van der Waals surface area contributed by atoms with E-state index in [1.54, 1.807) is 6.92 Å². The minimum atomic E-state index is -4.82. The van der Waals surface area contributed by atoms with E-state index < -0.39 is 29.4 Å². The second-order valence-corrected chi connectivity index (χ2v) is 7.56. The third-order valence-corrected chi connectivity index (χ3v) is 5.40. The van der Waals surface area contributed by atoms with Crippen LogP contribution in [0, 0.1) is 18.7 Å². The van der Waals surface area contributed by atoms with Crippen LogP contribution in [-0.2, 0) is 17.3 Å². The standard InChI is InChI=1S/C23H26F4O2/c1-3-28-20-13-11-18(22(24)21(20)23(25,26)27)19-12-10-17(14-29-19)9-8-16-6-4-15(2)5-7-16/h4-7,11,13,17,19H,3,8-10,12,14H2,1-2H3. The zero-order chi connectivity index (χ0) is 21.0. The van der Waals surface area contributed by atoms with E-state index in [0.29, 0.717) is 18.9 Å². The van der Waals surface area contributed by atoms with Crippen molar-refractivity contribution in [1.82, 2.24) is 0 Å². The van der Waals surface area contributed by atoms with E-state index in [1.165, 1.54) is 23.3 Å². The maximum atomic E-state index is 14.8. The minimum absolute atomic E-state index is 0.0322. The molecule has 1 aliphatic rings. The molecule has 0 radical (unpaired) electrons. The van der Waals surface area contributed by atoms with E-state index in [1.807, 2.05) is 6.92 Å². The molecule has 3 rings (SSSR count). The molecule has 2 atom stereocenters. The highest BCUT2D eigenvalue weighted by atomic mass is 19.4. The second kappa shape index (κ2) is 9.16. The summed E-state index contributed by atoms with van der Waals surface area (Å²) in [7, 11) is 0. The van der Waals surface area contributed by atoms with Crippen LogP contribution in [0.15, 0.2) is 36.4 Å². The first-order chi connectivity index (χ1) is 13.8. The van der Waals surface area contributed by atoms with Crippen molar-refractivity contribution in [3.05, 3.63) is 64.5 Å². The van der Waals surface area contributed by atoms with Gasteiger partial charge in [0.05, 0.1) is 19.3 Å². The lowest BCUT2D eigenvalue weighted by Crippen LogP contribution is -2.23. The van der Waals surface area contributed by atoms with Gasteiger partial charge in [0.15, 0.2) is 0 Å². The van der Waals surface area contributed by atoms with Crippen LogP contribution in [0.2, 0.25) is 0 Å². The fourth-order valence-electron chi connectivity index (χ4n) is 3.77. The average Bonchev–Trinajstić information content (AvgIpc) is 2.67. The molecule has 1 saturated heterocycles. The molecule has 0 N–H and O–H groups in total. The van der Waals surface area contributed by atoms with Gasteiger partial charge in [-0.1, -0.05) is 29.8 Å². The lowest BCUT2D eigenvalue weighted by atomic mass is 9.89. The van der Waals surface area contributed by atoms with Crippen molar-refractivity contribution in [3.63, 3.8) is 0 Å². The van der Waals surface area contributed by atoms with E-state index in [-0.39, 0.29) is 12.2 Å². The smallest absolute Gasteiger partial charge is 0.422 e. The Balaban J connectivity index is 1.65. The summed E-state index contributed by atoms with van der Waals surface area (Å²) >= 11 is 0. The van der Waals surface area contributed by atoms with Crippen LogP contribution < -0.4 is 4.74 Å². The van der Waals surface area contributed by atoms with Crippen LogP contribution in [0.1, 0.15) is 54.5 Å². The van der Waals surface area contributed by atoms with Crippen molar-refractivity contribution >= 4 is 0 Å². The largest absolute Gasteiger partial charge is 0.493 e. The summed E-state index contributed by atoms with van der Waals surface area (Å²) < 4.78 is 65.6. The molecule has 6 heteroatoms. The number of alkyl halides is 3. The van der Waals surface area contributed by atoms with Gasteiger partial charge in [-0.25, -0.2) is 4.39 Å². The molecule has 0 saturated carbocycles. The van der Waals surface area contributed by atoms with Crippen molar-refractivity contribution in [2.75, 3.05) is 13.2 Å². The first kappa shape index (κ1) is 21.6. The molecule has 2 aromatic rings. The maximum absolute atomic E-state index is 14.8. The highest BCUT2D eigenvalue weighted by molar-refractivity contribution is 5.42. The van der Waals surface area contributed by atoms with E-state index >= 15 is 0 Å². The summed E-state index contributed by atoms with van der Waals surface area (Å²) in [5, 5.41) is 0. The molecule has 0 aromatic heterocycles. The fraction of sp³-hybridized carbons (Fsp3) is 0.478. The summed E-state index contributed by atoms with van der Waals surface area (Å²) in [5.41, 5.74) is 1.08. The Morgan fingerprint density at radius 2 is 1.79 bits per heavy atom. The quantitative estimate of drug-likeness (QED) is 0.496. The zero-order valence-electron chi connectivity index (χ0n) is 16.7. The third kappa shape index (κ3) is 5.30. The van der Waals surface area contributed by atoms with Crippen LogP contribution in [0.25, 0.3) is 0 Å². The average molecular weight is 410 g/mol. The Morgan fingerprint density at radius 3 is 2.38 bits per heavy atom. The molecule has 0 spiro atoms. The van der Waals surface area contributed by atoms with Gasteiger partial charge in [0, 0.05) is 5.56 Å². The van der Waals surface area contributed by atoms with Crippen LogP contribution in [-0.4, -0.2) is 13.2 Å². The first-order valence-corrected chi connectivity index (χ1v) is 9.99. The molecular formula is C23H26F4O2. The summed E-state index contributed by atoms with van der Waals surface area (Å²) in [6.07, 6.45) is -2.33. The molecular weight excluding hydrogens is 384 g/mol. The van der Waals surface area contributed by atoms with Gasteiger partial charge >= 0.3 is 6.18 Å². The Kier molecular flexibility index (Phi) is 6.83.